The maximum absolute atomic E-state index is 12.3. The highest BCUT2D eigenvalue weighted by atomic mass is 32.2. The molecule has 0 spiro atoms. The van der Waals surface area contributed by atoms with Crippen molar-refractivity contribution in [2.45, 2.75) is 18.4 Å². The lowest BCUT2D eigenvalue weighted by Gasteiger charge is -2.15. The summed E-state index contributed by atoms with van der Waals surface area (Å²) < 4.78 is 25.8. The molecule has 20 heavy (non-hydrogen) atoms. The fourth-order valence-corrected chi connectivity index (χ4v) is 3.64. The summed E-state index contributed by atoms with van der Waals surface area (Å²) in [6.07, 6.45) is 1.18. The summed E-state index contributed by atoms with van der Waals surface area (Å²) in [5.74, 6) is -1.20. The minimum absolute atomic E-state index is 0.0698. The third kappa shape index (κ3) is 2.74. The van der Waals surface area contributed by atoms with Gasteiger partial charge < -0.3 is 10.1 Å². The van der Waals surface area contributed by atoms with Crippen LogP contribution in [0.1, 0.15) is 21.1 Å². The molecule has 0 radical (unpaired) electrons. The molecule has 0 amide bonds. The van der Waals surface area contributed by atoms with Crippen molar-refractivity contribution in [2.24, 2.45) is 0 Å². The van der Waals surface area contributed by atoms with Crippen LogP contribution in [0.3, 0.4) is 0 Å². The van der Waals surface area contributed by atoms with Gasteiger partial charge in [0.05, 0.1) is 11.2 Å². The van der Waals surface area contributed by atoms with Gasteiger partial charge in [-0.2, -0.15) is 4.31 Å². The fraction of sp³-hybridized carbons (Fsp3) is 0.273. The van der Waals surface area contributed by atoms with Crippen molar-refractivity contribution in [3.63, 3.8) is 0 Å². The normalized spacial score (nSPS) is 11.9. The SMILES string of the molecule is Cc1ncsc1CN(C)S(=O)(=O)c1c[nH]c(C(=O)O)c1. The van der Waals surface area contributed by atoms with Gasteiger partial charge in [0.15, 0.2) is 0 Å². The molecule has 0 fully saturated rings. The molecule has 9 heteroatoms. The lowest BCUT2D eigenvalue weighted by molar-refractivity contribution is 0.0691. The number of sulfonamides is 1. The van der Waals surface area contributed by atoms with E-state index in [0.717, 1.165) is 16.6 Å². The van der Waals surface area contributed by atoms with E-state index in [1.807, 2.05) is 6.92 Å². The molecule has 0 saturated heterocycles. The molecule has 7 nitrogen and oxygen atoms in total. The Morgan fingerprint density at radius 2 is 2.25 bits per heavy atom. The van der Waals surface area contributed by atoms with Gasteiger partial charge >= 0.3 is 5.97 Å². The molecule has 108 valence electrons. The molecule has 0 saturated carbocycles. The third-order valence-corrected chi connectivity index (χ3v) is 5.51. The lowest BCUT2D eigenvalue weighted by atomic mass is 10.4. The number of nitrogens with one attached hydrogen (secondary N) is 1. The van der Waals surface area contributed by atoms with Gasteiger partial charge in [0.25, 0.3) is 0 Å². The highest BCUT2D eigenvalue weighted by Crippen LogP contribution is 2.20. The average Bonchev–Trinajstić information content (AvgIpc) is 2.99. The van der Waals surface area contributed by atoms with Crippen molar-refractivity contribution in [1.82, 2.24) is 14.3 Å². The Kier molecular flexibility index (Phi) is 3.93. The Labute approximate surface area is 119 Å². The number of thiazole rings is 1. The fourth-order valence-electron chi connectivity index (χ4n) is 1.59. The average molecular weight is 315 g/mol. The van der Waals surface area contributed by atoms with Crippen molar-refractivity contribution < 1.29 is 18.3 Å². The molecular formula is C11H13N3O4S2. The van der Waals surface area contributed by atoms with E-state index in [-0.39, 0.29) is 17.1 Å². The van der Waals surface area contributed by atoms with E-state index in [9.17, 15) is 13.2 Å². The predicted octanol–water partition coefficient (Wildman–Crippen LogP) is 1.30. The number of aryl methyl sites for hydroxylation is 1. The molecule has 2 aromatic rings. The molecule has 0 aromatic carbocycles. The lowest BCUT2D eigenvalue weighted by Crippen LogP contribution is -2.26. The van der Waals surface area contributed by atoms with Crippen LogP contribution < -0.4 is 0 Å². The van der Waals surface area contributed by atoms with Gasteiger partial charge in [-0.1, -0.05) is 0 Å². The number of carbonyl (C=O) groups is 1. The first-order valence-electron chi connectivity index (χ1n) is 5.59. The monoisotopic (exact) mass is 315 g/mol. The van der Waals surface area contributed by atoms with Gasteiger partial charge in [-0.15, -0.1) is 11.3 Å². The largest absolute Gasteiger partial charge is 0.477 e. The number of hydrogen-bond acceptors (Lipinski definition) is 5. The number of carboxylic acids is 1. The molecule has 2 rings (SSSR count). The van der Waals surface area contributed by atoms with Crippen molar-refractivity contribution in [3.8, 4) is 0 Å². The van der Waals surface area contributed by atoms with E-state index in [1.54, 1.807) is 5.51 Å². The van der Waals surface area contributed by atoms with Gasteiger partial charge in [0.1, 0.15) is 10.6 Å². The highest BCUT2D eigenvalue weighted by molar-refractivity contribution is 7.89. The zero-order chi connectivity index (χ0) is 14.9. The summed E-state index contributed by atoms with van der Waals surface area (Å²) in [4.78, 5) is 18.0. The second-order valence-electron chi connectivity index (χ2n) is 4.18. The zero-order valence-electron chi connectivity index (χ0n) is 10.8. The van der Waals surface area contributed by atoms with E-state index in [1.165, 1.54) is 28.9 Å². The van der Waals surface area contributed by atoms with E-state index in [0.29, 0.717) is 0 Å². The number of aromatic carboxylic acids is 1. The number of aromatic nitrogens is 2. The molecule has 2 N–H and O–H groups in total. The van der Waals surface area contributed by atoms with Crippen LogP contribution in [0, 0.1) is 6.92 Å². The van der Waals surface area contributed by atoms with E-state index in [2.05, 4.69) is 9.97 Å². The molecule has 0 bridgehead atoms. The van der Waals surface area contributed by atoms with Gasteiger partial charge in [0.2, 0.25) is 10.0 Å². The summed E-state index contributed by atoms with van der Waals surface area (Å²) in [5.41, 5.74) is 2.28. The van der Waals surface area contributed by atoms with Crippen LogP contribution in [0.5, 0.6) is 0 Å². The molecule has 2 aromatic heterocycles. The van der Waals surface area contributed by atoms with Gasteiger partial charge in [-0.25, -0.2) is 18.2 Å². The summed E-state index contributed by atoms with van der Waals surface area (Å²) in [6.45, 7) is 2.01. The first-order chi connectivity index (χ1) is 9.32. The topological polar surface area (TPSA) is 103 Å². The molecule has 0 aliphatic rings. The summed E-state index contributed by atoms with van der Waals surface area (Å²) in [5, 5.41) is 8.80. The van der Waals surface area contributed by atoms with E-state index < -0.39 is 16.0 Å². The summed E-state index contributed by atoms with van der Waals surface area (Å²) in [6, 6.07) is 1.10. The van der Waals surface area contributed by atoms with Crippen LogP contribution >= 0.6 is 11.3 Å². The van der Waals surface area contributed by atoms with Gasteiger partial charge in [0, 0.05) is 24.7 Å². The molecule has 2 heterocycles. The minimum atomic E-state index is -3.73. The first-order valence-corrected chi connectivity index (χ1v) is 7.91. The highest BCUT2D eigenvalue weighted by Gasteiger charge is 2.24. The summed E-state index contributed by atoms with van der Waals surface area (Å²) in [7, 11) is -2.28. The number of nitrogens with zero attached hydrogens (tertiary/aromatic N) is 2. The van der Waals surface area contributed by atoms with Gasteiger partial charge in [-0.05, 0) is 13.0 Å². The quantitative estimate of drug-likeness (QED) is 0.865. The van der Waals surface area contributed by atoms with Crippen LogP contribution in [-0.2, 0) is 16.6 Å². The first kappa shape index (κ1) is 14.7. The molecule has 0 unspecified atom stereocenters. The van der Waals surface area contributed by atoms with Crippen LogP contribution in [-0.4, -0.2) is 40.8 Å². The van der Waals surface area contributed by atoms with Crippen LogP contribution in [0.25, 0.3) is 0 Å². The summed E-state index contributed by atoms with van der Waals surface area (Å²) >= 11 is 1.38. The third-order valence-electron chi connectivity index (χ3n) is 2.81. The Balaban J connectivity index is 2.25. The predicted molar refractivity (Wildman–Crippen MR) is 73.3 cm³/mol. The number of aromatic amines is 1. The Morgan fingerprint density at radius 1 is 1.55 bits per heavy atom. The number of rotatable bonds is 5. The molecule has 0 aliphatic heterocycles. The van der Waals surface area contributed by atoms with Crippen molar-refractivity contribution >= 4 is 27.3 Å². The second kappa shape index (κ2) is 5.35. The van der Waals surface area contributed by atoms with Crippen molar-refractivity contribution in [3.05, 3.63) is 34.0 Å². The number of hydrogen-bond donors (Lipinski definition) is 2. The maximum atomic E-state index is 12.3. The minimum Gasteiger partial charge on any atom is -0.477 e. The number of carboxylic acid groups (broad SMARTS) is 1. The van der Waals surface area contributed by atoms with Crippen LogP contribution in [0.4, 0.5) is 0 Å². The molecular weight excluding hydrogens is 302 g/mol. The molecule has 0 aliphatic carbocycles. The van der Waals surface area contributed by atoms with Crippen molar-refractivity contribution in [2.75, 3.05) is 7.05 Å². The van der Waals surface area contributed by atoms with Crippen LogP contribution in [0.15, 0.2) is 22.7 Å². The zero-order valence-corrected chi connectivity index (χ0v) is 12.5. The van der Waals surface area contributed by atoms with E-state index >= 15 is 0 Å². The number of H-pyrrole nitrogens is 1. The standard InChI is InChI=1S/C11H13N3O4S2/c1-7-10(19-6-13-7)5-14(2)20(17,18)8-3-9(11(15)16)12-4-8/h3-4,6,12H,5H2,1-2H3,(H,15,16). The molecule has 0 atom stereocenters. The maximum Gasteiger partial charge on any atom is 0.352 e. The smallest absolute Gasteiger partial charge is 0.352 e. The van der Waals surface area contributed by atoms with E-state index in [4.69, 9.17) is 5.11 Å². The van der Waals surface area contributed by atoms with Gasteiger partial charge in [-0.3, -0.25) is 0 Å². The second-order valence-corrected chi connectivity index (χ2v) is 7.16. The van der Waals surface area contributed by atoms with Crippen molar-refractivity contribution in [1.29, 1.82) is 0 Å². The Hall–Kier alpha value is -1.71. The Morgan fingerprint density at radius 3 is 2.75 bits per heavy atom. The van der Waals surface area contributed by atoms with Crippen LogP contribution in [0.2, 0.25) is 0 Å². The Bertz CT molecular complexity index is 732.